The normalized spacial score (nSPS) is 24.8. The van der Waals surface area contributed by atoms with Crippen molar-refractivity contribution in [2.45, 2.75) is 37.5 Å². The molecule has 7 heteroatoms. The van der Waals surface area contributed by atoms with Gasteiger partial charge in [-0.25, -0.2) is 8.42 Å². The molecular formula is C17H25NO5S. The minimum atomic E-state index is -3.69. The number of benzene rings is 1. The lowest BCUT2D eigenvalue weighted by Gasteiger charge is -2.41. The summed E-state index contributed by atoms with van der Waals surface area (Å²) in [6.07, 6.45) is 3.36. The molecule has 0 amide bonds. The van der Waals surface area contributed by atoms with E-state index < -0.39 is 10.0 Å². The van der Waals surface area contributed by atoms with Gasteiger partial charge >= 0.3 is 0 Å². The predicted octanol–water partition coefficient (Wildman–Crippen LogP) is 2.02. The van der Waals surface area contributed by atoms with Gasteiger partial charge in [0, 0.05) is 25.1 Å². The highest BCUT2D eigenvalue weighted by Gasteiger charge is 2.40. The van der Waals surface area contributed by atoms with Gasteiger partial charge in [0.2, 0.25) is 10.0 Å². The Bertz CT molecular complexity index is 686. The van der Waals surface area contributed by atoms with Gasteiger partial charge in [-0.05, 0) is 31.4 Å². The van der Waals surface area contributed by atoms with E-state index in [1.165, 1.54) is 4.31 Å². The van der Waals surface area contributed by atoms with Crippen molar-refractivity contribution in [3.05, 3.63) is 18.2 Å². The van der Waals surface area contributed by atoms with Crippen LogP contribution in [-0.2, 0) is 10.0 Å². The summed E-state index contributed by atoms with van der Waals surface area (Å²) in [6, 6.07) is 4.96. The maximum absolute atomic E-state index is 13.2. The van der Waals surface area contributed by atoms with Crippen molar-refractivity contribution in [1.29, 1.82) is 0 Å². The van der Waals surface area contributed by atoms with Crippen LogP contribution in [0.4, 0.5) is 0 Å². The van der Waals surface area contributed by atoms with Crippen LogP contribution in [0.1, 0.15) is 32.6 Å². The number of hydrogen-bond donors (Lipinski definition) is 1. The summed E-state index contributed by atoms with van der Waals surface area (Å²) < 4.78 is 38.9. The molecule has 1 unspecified atom stereocenters. The van der Waals surface area contributed by atoms with Crippen molar-refractivity contribution in [2.24, 2.45) is 5.41 Å². The largest absolute Gasteiger partial charge is 0.486 e. The van der Waals surface area contributed by atoms with Crippen molar-refractivity contribution in [3.63, 3.8) is 0 Å². The number of nitrogens with zero attached hydrogens (tertiary/aromatic N) is 1. The number of ether oxygens (including phenoxy) is 2. The Morgan fingerprint density at radius 1 is 1.29 bits per heavy atom. The van der Waals surface area contributed by atoms with Crippen molar-refractivity contribution in [1.82, 2.24) is 4.31 Å². The molecule has 1 aromatic carbocycles. The average molecular weight is 355 g/mol. The zero-order chi connectivity index (χ0) is 17.2. The van der Waals surface area contributed by atoms with E-state index in [2.05, 4.69) is 6.92 Å². The molecule has 0 saturated carbocycles. The third-order valence-corrected chi connectivity index (χ3v) is 6.76. The molecule has 1 fully saturated rings. The first-order chi connectivity index (χ1) is 11.5. The summed E-state index contributed by atoms with van der Waals surface area (Å²) in [7, 11) is -3.69. The summed E-state index contributed by atoms with van der Waals surface area (Å²) in [5, 5.41) is 9.85. The van der Waals surface area contributed by atoms with Crippen molar-refractivity contribution < 1.29 is 23.0 Å². The van der Waals surface area contributed by atoms with Crippen LogP contribution in [0.25, 0.3) is 0 Å². The molecule has 0 radical (unpaired) electrons. The van der Waals surface area contributed by atoms with Gasteiger partial charge in [-0.2, -0.15) is 4.31 Å². The Balaban J connectivity index is 1.93. The van der Waals surface area contributed by atoms with E-state index in [1.54, 1.807) is 18.2 Å². The van der Waals surface area contributed by atoms with Crippen LogP contribution in [0.15, 0.2) is 23.1 Å². The summed E-state index contributed by atoms with van der Waals surface area (Å²) in [5.41, 5.74) is -0.341. The summed E-state index contributed by atoms with van der Waals surface area (Å²) in [5.74, 6) is 0.778. The smallest absolute Gasteiger partial charge is 0.246 e. The van der Waals surface area contributed by atoms with Gasteiger partial charge in [-0.1, -0.05) is 19.4 Å². The zero-order valence-corrected chi connectivity index (χ0v) is 14.8. The highest BCUT2D eigenvalue weighted by atomic mass is 32.2. The maximum atomic E-state index is 13.2. The van der Waals surface area contributed by atoms with Gasteiger partial charge in [-0.15, -0.1) is 0 Å². The molecule has 0 aromatic heterocycles. The maximum Gasteiger partial charge on any atom is 0.246 e. The number of piperidine rings is 1. The number of para-hydroxylation sites is 1. The van der Waals surface area contributed by atoms with Crippen LogP contribution in [-0.4, -0.2) is 50.7 Å². The molecule has 1 saturated heterocycles. The average Bonchev–Trinajstić information content (AvgIpc) is 2.61. The molecule has 134 valence electrons. The topological polar surface area (TPSA) is 76.1 Å². The van der Waals surface area contributed by atoms with Gasteiger partial charge in [-0.3, -0.25) is 0 Å². The molecule has 0 bridgehead atoms. The second-order valence-electron chi connectivity index (χ2n) is 6.63. The first kappa shape index (κ1) is 17.5. The molecule has 2 heterocycles. The summed E-state index contributed by atoms with van der Waals surface area (Å²) in [4.78, 5) is 0.157. The Morgan fingerprint density at radius 3 is 2.83 bits per heavy atom. The van der Waals surface area contributed by atoms with Crippen molar-refractivity contribution in [3.8, 4) is 11.5 Å². The number of hydrogen-bond acceptors (Lipinski definition) is 5. The zero-order valence-electron chi connectivity index (χ0n) is 14.0. The molecule has 3 rings (SSSR count). The van der Waals surface area contributed by atoms with Crippen molar-refractivity contribution >= 4 is 10.0 Å². The van der Waals surface area contributed by atoms with E-state index >= 15 is 0 Å². The van der Waals surface area contributed by atoms with Gasteiger partial charge < -0.3 is 14.6 Å². The minimum absolute atomic E-state index is 0.0133. The Kier molecular flexibility index (Phi) is 5.03. The Hall–Kier alpha value is -1.31. The second kappa shape index (κ2) is 6.90. The lowest BCUT2D eigenvalue weighted by molar-refractivity contribution is 0.0557. The number of fused-ring (bicyclic) bond motifs is 1. The molecule has 1 atom stereocenters. The number of aliphatic hydroxyl groups excluding tert-OH is 1. The molecule has 1 N–H and O–H groups in total. The van der Waals surface area contributed by atoms with E-state index in [1.807, 2.05) is 0 Å². The number of sulfonamides is 1. The van der Waals surface area contributed by atoms with Crippen molar-refractivity contribution in [2.75, 3.05) is 32.9 Å². The predicted molar refractivity (Wildman–Crippen MR) is 89.9 cm³/mol. The van der Waals surface area contributed by atoms with Gasteiger partial charge in [0.1, 0.15) is 18.1 Å². The molecule has 1 aromatic rings. The monoisotopic (exact) mass is 355 g/mol. The molecule has 24 heavy (non-hydrogen) atoms. The van der Waals surface area contributed by atoms with E-state index in [0.29, 0.717) is 37.8 Å². The van der Waals surface area contributed by atoms with Crippen LogP contribution < -0.4 is 9.47 Å². The lowest BCUT2D eigenvalue weighted by Crippen LogP contribution is -2.47. The van der Waals surface area contributed by atoms with Crippen LogP contribution in [0.5, 0.6) is 11.5 Å². The SMILES string of the molecule is CCCC1(CO)CCCN(S(=O)(=O)c2cccc3c2OCCO3)C1. The highest BCUT2D eigenvalue weighted by Crippen LogP contribution is 2.41. The van der Waals surface area contributed by atoms with E-state index in [-0.39, 0.29) is 16.9 Å². The fraction of sp³-hybridized carbons (Fsp3) is 0.647. The van der Waals surface area contributed by atoms with Gasteiger partial charge in [0.25, 0.3) is 0 Å². The standard InChI is InChI=1S/C17H25NO5S/c1-2-7-17(13-19)8-4-9-18(12-17)24(20,21)15-6-3-5-14-16(15)23-11-10-22-14/h3,5-6,19H,2,4,7-13H2,1H3. The van der Waals surface area contributed by atoms with Crippen LogP contribution >= 0.6 is 0 Å². The van der Waals surface area contributed by atoms with Crippen LogP contribution in [0.3, 0.4) is 0 Å². The van der Waals surface area contributed by atoms with Crippen LogP contribution in [0.2, 0.25) is 0 Å². The van der Waals surface area contributed by atoms with E-state index in [4.69, 9.17) is 9.47 Å². The summed E-state index contributed by atoms with van der Waals surface area (Å²) in [6.45, 7) is 3.66. The number of rotatable bonds is 5. The van der Waals surface area contributed by atoms with E-state index in [0.717, 1.165) is 25.7 Å². The first-order valence-electron chi connectivity index (χ1n) is 8.52. The molecule has 0 spiro atoms. The van der Waals surface area contributed by atoms with Crippen LogP contribution in [0, 0.1) is 5.41 Å². The molecular weight excluding hydrogens is 330 g/mol. The molecule has 0 aliphatic carbocycles. The van der Waals surface area contributed by atoms with Gasteiger partial charge in [0.15, 0.2) is 11.5 Å². The lowest BCUT2D eigenvalue weighted by atomic mass is 9.78. The Morgan fingerprint density at radius 2 is 2.08 bits per heavy atom. The van der Waals surface area contributed by atoms with E-state index in [9.17, 15) is 13.5 Å². The third kappa shape index (κ3) is 3.12. The molecule has 6 nitrogen and oxygen atoms in total. The number of aliphatic hydroxyl groups is 1. The second-order valence-corrected chi connectivity index (χ2v) is 8.54. The fourth-order valence-corrected chi connectivity index (χ4v) is 5.44. The third-order valence-electron chi connectivity index (χ3n) is 4.89. The minimum Gasteiger partial charge on any atom is -0.486 e. The molecule has 2 aliphatic heterocycles. The highest BCUT2D eigenvalue weighted by molar-refractivity contribution is 7.89. The summed E-state index contributed by atoms with van der Waals surface area (Å²) >= 11 is 0. The Labute approximate surface area is 143 Å². The first-order valence-corrected chi connectivity index (χ1v) is 9.96. The molecule has 2 aliphatic rings. The van der Waals surface area contributed by atoms with Gasteiger partial charge in [0.05, 0.1) is 0 Å². The quantitative estimate of drug-likeness (QED) is 0.874. The fourth-order valence-electron chi connectivity index (χ4n) is 3.70.